The number of hydrogen-bond acceptors (Lipinski definition) is 2. The van der Waals surface area contributed by atoms with E-state index in [2.05, 4.69) is 0 Å². The molecule has 2 aromatic rings. The second-order valence-electron chi connectivity index (χ2n) is 4.48. The van der Waals surface area contributed by atoms with Gasteiger partial charge in [0.2, 0.25) is 0 Å². The Hall–Kier alpha value is -1.74. The number of rotatable bonds is 5. The number of alkyl halides is 1. The highest BCUT2D eigenvalue weighted by molar-refractivity contribution is 6.17. The Morgan fingerprint density at radius 2 is 1.90 bits per heavy atom. The summed E-state index contributed by atoms with van der Waals surface area (Å²) in [5, 5.41) is 0. The summed E-state index contributed by atoms with van der Waals surface area (Å²) in [4.78, 5) is 0. The van der Waals surface area contributed by atoms with Gasteiger partial charge < -0.3 is 9.47 Å². The van der Waals surface area contributed by atoms with Crippen molar-refractivity contribution in [1.29, 1.82) is 0 Å². The number of benzene rings is 2. The first kappa shape index (κ1) is 14.7. The van der Waals surface area contributed by atoms with E-state index in [1.165, 1.54) is 12.1 Å². The number of hydrogen-bond donors (Lipinski definition) is 0. The molecule has 0 unspecified atom stereocenters. The monoisotopic (exact) mass is 294 g/mol. The van der Waals surface area contributed by atoms with Crippen molar-refractivity contribution in [3.8, 4) is 11.5 Å². The van der Waals surface area contributed by atoms with Crippen molar-refractivity contribution >= 4 is 11.6 Å². The minimum atomic E-state index is -0.268. The van der Waals surface area contributed by atoms with Crippen molar-refractivity contribution in [2.45, 2.75) is 19.4 Å². The quantitative estimate of drug-likeness (QED) is 0.758. The third-order valence-electron chi connectivity index (χ3n) is 3.08. The van der Waals surface area contributed by atoms with Crippen LogP contribution in [-0.4, -0.2) is 7.11 Å². The van der Waals surface area contributed by atoms with Crippen LogP contribution in [0.5, 0.6) is 11.5 Å². The molecular formula is C16H16ClFO2. The molecule has 0 bridgehead atoms. The second-order valence-corrected chi connectivity index (χ2v) is 4.75. The highest BCUT2D eigenvalue weighted by atomic mass is 35.5. The predicted octanol–water partition coefficient (Wildman–Crippen LogP) is 4.46. The summed E-state index contributed by atoms with van der Waals surface area (Å²) in [5.74, 6) is 1.37. The molecular weight excluding hydrogens is 279 g/mol. The zero-order valence-electron chi connectivity index (χ0n) is 11.5. The van der Waals surface area contributed by atoms with E-state index in [0.29, 0.717) is 17.4 Å². The molecule has 20 heavy (non-hydrogen) atoms. The van der Waals surface area contributed by atoms with Crippen molar-refractivity contribution in [3.63, 3.8) is 0 Å². The summed E-state index contributed by atoms with van der Waals surface area (Å²) in [6.45, 7) is 2.20. The highest BCUT2D eigenvalue weighted by Gasteiger charge is 2.07. The lowest BCUT2D eigenvalue weighted by Crippen LogP contribution is -2.00. The molecule has 2 nitrogen and oxygen atoms in total. The van der Waals surface area contributed by atoms with Crippen LogP contribution in [0.4, 0.5) is 4.39 Å². The van der Waals surface area contributed by atoms with E-state index >= 15 is 0 Å². The van der Waals surface area contributed by atoms with Crippen LogP contribution < -0.4 is 9.47 Å². The van der Waals surface area contributed by atoms with Crippen molar-refractivity contribution in [1.82, 2.24) is 0 Å². The van der Waals surface area contributed by atoms with E-state index in [4.69, 9.17) is 21.1 Å². The first-order chi connectivity index (χ1) is 9.63. The normalized spacial score (nSPS) is 10.4. The summed E-state index contributed by atoms with van der Waals surface area (Å²) in [7, 11) is 1.58. The summed E-state index contributed by atoms with van der Waals surface area (Å²) in [6, 6.07) is 10.2. The summed E-state index contributed by atoms with van der Waals surface area (Å²) < 4.78 is 24.2. The van der Waals surface area contributed by atoms with Crippen molar-refractivity contribution in [3.05, 3.63) is 58.9 Å². The third kappa shape index (κ3) is 3.42. The molecule has 0 radical (unpaired) electrons. The van der Waals surface area contributed by atoms with Gasteiger partial charge in [0.05, 0.1) is 7.11 Å². The molecule has 0 amide bonds. The van der Waals surface area contributed by atoms with E-state index in [0.717, 1.165) is 16.7 Å². The van der Waals surface area contributed by atoms with E-state index in [9.17, 15) is 4.39 Å². The fourth-order valence-corrected chi connectivity index (χ4v) is 2.03. The fraction of sp³-hybridized carbons (Fsp3) is 0.250. The molecule has 4 heteroatoms. The number of ether oxygens (including phenoxy) is 2. The molecule has 0 saturated heterocycles. The van der Waals surface area contributed by atoms with Gasteiger partial charge in [-0.05, 0) is 47.9 Å². The van der Waals surface area contributed by atoms with E-state index in [1.807, 2.05) is 25.1 Å². The van der Waals surface area contributed by atoms with Gasteiger partial charge in [-0.25, -0.2) is 4.39 Å². The largest absolute Gasteiger partial charge is 0.493 e. The topological polar surface area (TPSA) is 18.5 Å². The lowest BCUT2D eigenvalue weighted by Gasteiger charge is -2.13. The molecule has 0 spiro atoms. The van der Waals surface area contributed by atoms with Gasteiger partial charge in [-0.3, -0.25) is 0 Å². The van der Waals surface area contributed by atoms with E-state index in [-0.39, 0.29) is 12.4 Å². The second kappa shape index (κ2) is 6.62. The molecule has 0 aromatic heterocycles. The summed E-state index contributed by atoms with van der Waals surface area (Å²) in [5.41, 5.74) is 2.74. The van der Waals surface area contributed by atoms with E-state index in [1.54, 1.807) is 13.2 Å². The van der Waals surface area contributed by atoms with Crippen LogP contribution >= 0.6 is 11.6 Å². The molecule has 0 N–H and O–H groups in total. The van der Waals surface area contributed by atoms with Crippen molar-refractivity contribution in [2.75, 3.05) is 7.11 Å². The first-order valence-electron chi connectivity index (χ1n) is 6.24. The zero-order chi connectivity index (χ0) is 14.5. The third-order valence-corrected chi connectivity index (χ3v) is 3.39. The predicted molar refractivity (Wildman–Crippen MR) is 78.0 cm³/mol. The summed E-state index contributed by atoms with van der Waals surface area (Å²) in [6.07, 6.45) is 0. The van der Waals surface area contributed by atoms with Crippen molar-refractivity contribution in [2.24, 2.45) is 0 Å². The molecule has 0 heterocycles. The Morgan fingerprint density at radius 3 is 2.60 bits per heavy atom. The standard InChI is InChI=1S/C16H16ClFO2/c1-11-3-5-14(18)8-13(11)10-20-16-7-12(9-17)4-6-15(16)19-2/h3-8H,9-10H2,1-2H3. The SMILES string of the molecule is COc1ccc(CCl)cc1OCc1cc(F)ccc1C. The zero-order valence-corrected chi connectivity index (χ0v) is 12.2. The Balaban J connectivity index is 2.19. The molecule has 106 valence electrons. The van der Waals surface area contributed by atoms with Gasteiger partial charge in [0.25, 0.3) is 0 Å². The number of aryl methyl sites for hydroxylation is 1. The lowest BCUT2D eigenvalue weighted by molar-refractivity contribution is 0.283. The average Bonchev–Trinajstić information content (AvgIpc) is 2.47. The molecule has 0 aliphatic heterocycles. The molecule has 0 fully saturated rings. The van der Waals surface area contributed by atoms with Crippen LogP contribution in [0.3, 0.4) is 0 Å². The van der Waals surface area contributed by atoms with Gasteiger partial charge in [0.1, 0.15) is 12.4 Å². The van der Waals surface area contributed by atoms with Gasteiger partial charge in [0.15, 0.2) is 11.5 Å². The molecule has 0 saturated carbocycles. The fourth-order valence-electron chi connectivity index (χ4n) is 1.87. The van der Waals surface area contributed by atoms with Gasteiger partial charge in [0, 0.05) is 5.88 Å². The van der Waals surface area contributed by atoms with Crippen LogP contribution in [0.15, 0.2) is 36.4 Å². The Bertz CT molecular complexity index is 599. The van der Waals surface area contributed by atoms with Gasteiger partial charge in [-0.15, -0.1) is 11.6 Å². The van der Waals surface area contributed by atoms with Gasteiger partial charge in [-0.1, -0.05) is 12.1 Å². The molecule has 0 aliphatic rings. The molecule has 2 rings (SSSR count). The minimum Gasteiger partial charge on any atom is -0.493 e. The van der Waals surface area contributed by atoms with Crippen LogP contribution in [0.2, 0.25) is 0 Å². The average molecular weight is 295 g/mol. The Kier molecular flexibility index (Phi) is 4.85. The maximum Gasteiger partial charge on any atom is 0.161 e. The van der Waals surface area contributed by atoms with Crippen molar-refractivity contribution < 1.29 is 13.9 Å². The molecule has 2 aromatic carbocycles. The Morgan fingerprint density at radius 1 is 1.10 bits per heavy atom. The molecule has 0 aliphatic carbocycles. The maximum atomic E-state index is 13.2. The smallest absolute Gasteiger partial charge is 0.161 e. The maximum absolute atomic E-state index is 13.2. The van der Waals surface area contributed by atoms with Gasteiger partial charge >= 0.3 is 0 Å². The number of methoxy groups -OCH3 is 1. The van der Waals surface area contributed by atoms with E-state index < -0.39 is 0 Å². The van der Waals surface area contributed by atoms with Crippen LogP contribution in [0.25, 0.3) is 0 Å². The minimum absolute atomic E-state index is 0.268. The van der Waals surface area contributed by atoms with Gasteiger partial charge in [-0.2, -0.15) is 0 Å². The molecule has 0 atom stereocenters. The van der Waals surface area contributed by atoms with Crippen LogP contribution in [-0.2, 0) is 12.5 Å². The Labute approximate surface area is 123 Å². The number of halogens is 2. The highest BCUT2D eigenvalue weighted by Crippen LogP contribution is 2.29. The van der Waals surface area contributed by atoms with Crippen LogP contribution in [0, 0.1) is 12.7 Å². The lowest BCUT2D eigenvalue weighted by atomic mass is 10.1. The summed E-state index contributed by atoms with van der Waals surface area (Å²) >= 11 is 5.81. The first-order valence-corrected chi connectivity index (χ1v) is 6.78. The van der Waals surface area contributed by atoms with Crippen LogP contribution in [0.1, 0.15) is 16.7 Å².